The molecule has 0 radical (unpaired) electrons. The van der Waals surface area contributed by atoms with Gasteiger partial charge < -0.3 is 15.5 Å². The maximum absolute atomic E-state index is 12.8. The summed E-state index contributed by atoms with van der Waals surface area (Å²) in [6.45, 7) is 4.30. The standard InChI is InChI=1S/C22H32N4O4S.K/c1-14(2)23-22(28)26-11-9-17(10-12-26)31(29,30)25-21(27)24-20-18-7-3-5-15(18)13-16-6-4-8-19(16)20;/h13-14,17H,3-12H2,1-2H3,(H3,23,24,25,27,28);/q;+1/p-1. The predicted octanol–water partition coefficient (Wildman–Crippen LogP) is 0.486. The number of likely N-dealkylation sites (tertiary alicyclic amines) is 1. The fourth-order valence-corrected chi connectivity index (χ4v) is 6.29. The first-order chi connectivity index (χ1) is 14.7. The summed E-state index contributed by atoms with van der Waals surface area (Å²) < 4.78 is 27.8. The van der Waals surface area contributed by atoms with Crippen molar-refractivity contribution in [3.63, 3.8) is 0 Å². The molecule has 3 aliphatic rings. The molecule has 0 bridgehead atoms. The van der Waals surface area contributed by atoms with E-state index in [0.29, 0.717) is 13.1 Å². The number of anilines is 1. The number of fused-ring (bicyclic) bond motifs is 2. The first-order valence-electron chi connectivity index (χ1n) is 11.2. The molecule has 32 heavy (non-hydrogen) atoms. The molecule has 1 aliphatic heterocycles. The first kappa shape index (κ1) is 26.0. The molecule has 0 unspecified atom stereocenters. The Morgan fingerprint density at radius 3 is 2.12 bits per heavy atom. The Labute approximate surface area is 233 Å². The molecule has 0 aromatic heterocycles. The molecule has 4 amide bonds. The molecule has 8 nitrogen and oxygen atoms in total. The number of nitrogens with one attached hydrogen (secondary N) is 2. The van der Waals surface area contributed by atoms with E-state index in [0.717, 1.165) is 55.3 Å². The third-order valence-electron chi connectivity index (χ3n) is 6.47. The van der Waals surface area contributed by atoms with Crippen molar-refractivity contribution in [3.05, 3.63) is 33.6 Å². The van der Waals surface area contributed by atoms with E-state index in [2.05, 4.69) is 21.4 Å². The molecule has 1 fully saturated rings. The minimum atomic E-state index is -3.83. The van der Waals surface area contributed by atoms with E-state index in [1.54, 1.807) is 4.90 Å². The number of nitrogens with zero attached hydrogens (tertiary/aromatic N) is 2. The van der Waals surface area contributed by atoms with Crippen molar-refractivity contribution in [1.29, 1.82) is 0 Å². The molecule has 0 spiro atoms. The molecule has 1 heterocycles. The van der Waals surface area contributed by atoms with Crippen molar-refractivity contribution in [2.75, 3.05) is 18.4 Å². The topological polar surface area (TPSA) is 110 Å². The fraction of sp³-hybridized carbons (Fsp3) is 0.636. The van der Waals surface area contributed by atoms with Crippen molar-refractivity contribution < 1.29 is 69.4 Å². The van der Waals surface area contributed by atoms with Gasteiger partial charge in [0.25, 0.3) is 0 Å². The zero-order valence-electron chi connectivity index (χ0n) is 19.2. The molecule has 170 valence electrons. The van der Waals surface area contributed by atoms with E-state index in [1.165, 1.54) is 11.1 Å². The van der Waals surface area contributed by atoms with Gasteiger partial charge in [-0.3, -0.25) is 4.79 Å². The van der Waals surface area contributed by atoms with E-state index in [1.807, 2.05) is 13.8 Å². The Bertz CT molecular complexity index is 956. The molecule has 4 rings (SSSR count). The van der Waals surface area contributed by atoms with E-state index in [4.69, 9.17) is 0 Å². The summed E-state index contributed by atoms with van der Waals surface area (Å²) in [5, 5.41) is 6.18. The van der Waals surface area contributed by atoms with Gasteiger partial charge in [0.05, 0.1) is 5.25 Å². The SMILES string of the molecule is CC(C)[N-]C(=O)N1CCC(S(=O)(=O)NC(=O)Nc2c3c(cc4c2CCC4)CCC3)CC1.[K+]. The third-order valence-corrected chi connectivity index (χ3v) is 8.29. The van der Waals surface area contributed by atoms with Crippen LogP contribution in [0.15, 0.2) is 6.07 Å². The van der Waals surface area contributed by atoms with E-state index < -0.39 is 21.3 Å². The van der Waals surface area contributed by atoms with E-state index in [9.17, 15) is 18.0 Å². The third kappa shape index (κ3) is 5.70. The molecule has 2 aliphatic carbocycles. The summed E-state index contributed by atoms with van der Waals surface area (Å²) in [7, 11) is -3.83. The molecule has 0 saturated carbocycles. The fourth-order valence-electron chi connectivity index (χ4n) is 4.98. The maximum atomic E-state index is 12.8. The van der Waals surface area contributed by atoms with Gasteiger partial charge in [-0.15, -0.1) is 0 Å². The van der Waals surface area contributed by atoms with Crippen molar-refractivity contribution in [3.8, 4) is 0 Å². The second kappa shape index (κ2) is 10.7. The van der Waals surface area contributed by atoms with Crippen molar-refractivity contribution in [2.45, 2.75) is 76.5 Å². The van der Waals surface area contributed by atoms with Crippen LogP contribution in [0.4, 0.5) is 15.3 Å². The zero-order chi connectivity index (χ0) is 22.2. The molecular formula is C22H31KN4O4S. The van der Waals surface area contributed by atoms with Crippen molar-refractivity contribution in [2.24, 2.45) is 0 Å². The molecule has 1 saturated heterocycles. The number of urea groups is 2. The largest absolute Gasteiger partial charge is 1.00 e. The summed E-state index contributed by atoms with van der Waals surface area (Å²) in [5.74, 6) is 0. The number of piperidine rings is 1. The molecule has 10 heteroatoms. The van der Waals surface area contributed by atoms with Crippen LogP contribution in [0.2, 0.25) is 0 Å². The van der Waals surface area contributed by atoms with Crippen LogP contribution >= 0.6 is 0 Å². The number of rotatable bonds is 4. The summed E-state index contributed by atoms with van der Waals surface area (Å²) in [6.07, 6.45) is 6.56. The average molecular weight is 487 g/mol. The van der Waals surface area contributed by atoms with Crippen LogP contribution in [0, 0.1) is 0 Å². The van der Waals surface area contributed by atoms with Crippen molar-refractivity contribution >= 4 is 27.8 Å². The Balaban J connectivity index is 0.00000289. The van der Waals surface area contributed by atoms with Gasteiger partial charge in [-0.25, -0.2) is 17.9 Å². The Hall–Kier alpha value is -0.654. The van der Waals surface area contributed by atoms with Gasteiger partial charge in [0.1, 0.15) is 0 Å². The minimum absolute atomic E-state index is 0. The Kier molecular flexibility index (Phi) is 8.71. The molecular weight excluding hydrogens is 455 g/mol. The van der Waals surface area contributed by atoms with E-state index in [-0.39, 0.29) is 76.3 Å². The maximum Gasteiger partial charge on any atom is 1.00 e. The number of hydrogen-bond acceptors (Lipinski definition) is 4. The van der Waals surface area contributed by atoms with Crippen LogP contribution in [-0.2, 0) is 35.7 Å². The number of sulfonamides is 1. The predicted molar refractivity (Wildman–Crippen MR) is 120 cm³/mol. The van der Waals surface area contributed by atoms with Gasteiger partial charge in [-0.05, 0) is 92.8 Å². The van der Waals surface area contributed by atoms with Gasteiger partial charge in [0.15, 0.2) is 6.03 Å². The van der Waals surface area contributed by atoms with Crippen LogP contribution in [0.5, 0.6) is 0 Å². The normalized spacial score (nSPS) is 18.0. The van der Waals surface area contributed by atoms with E-state index >= 15 is 0 Å². The number of hydrogen-bond donors (Lipinski definition) is 2. The Morgan fingerprint density at radius 1 is 1.03 bits per heavy atom. The second-order valence-electron chi connectivity index (χ2n) is 9.03. The number of amides is 4. The number of carbonyl (C=O) groups excluding carboxylic acids is 2. The summed E-state index contributed by atoms with van der Waals surface area (Å²) in [4.78, 5) is 26.3. The summed E-state index contributed by atoms with van der Waals surface area (Å²) in [6, 6.07) is 1.18. The van der Waals surface area contributed by atoms with Crippen LogP contribution in [0.1, 0.15) is 61.8 Å². The van der Waals surface area contributed by atoms with Crippen molar-refractivity contribution in [1.82, 2.24) is 9.62 Å². The van der Waals surface area contributed by atoms with Crippen LogP contribution in [0.25, 0.3) is 5.32 Å². The summed E-state index contributed by atoms with van der Waals surface area (Å²) >= 11 is 0. The smallest absolute Gasteiger partial charge is 0.436 e. The quantitative estimate of drug-likeness (QED) is 0.604. The van der Waals surface area contributed by atoms with Gasteiger partial charge in [0, 0.05) is 5.69 Å². The molecule has 1 aromatic carbocycles. The van der Waals surface area contributed by atoms with Crippen LogP contribution in [0.3, 0.4) is 0 Å². The summed E-state index contributed by atoms with van der Waals surface area (Å²) in [5.41, 5.74) is 5.71. The number of benzene rings is 1. The average Bonchev–Trinajstić information content (AvgIpc) is 3.36. The van der Waals surface area contributed by atoms with Gasteiger partial charge >= 0.3 is 57.4 Å². The first-order valence-corrected chi connectivity index (χ1v) is 12.8. The second-order valence-corrected chi connectivity index (χ2v) is 11.0. The monoisotopic (exact) mass is 486 g/mol. The minimum Gasteiger partial charge on any atom is -0.436 e. The van der Waals surface area contributed by atoms with Gasteiger partial charge in [-0.2, -0.15) is 0 Å². The van der Waals surface area contributed by atoms with Crippen LogP contribution in [-0.4, -0.2) is 49.8 Å². The van der Waals surface area contributed by atoms with Gasteiger partial charge in [-0.1, -0.05) is 19.9 Å². The Morgan fingerprint density at radius 2 is 1.59 bits per heavy atom. The number of carbonyl (C=O) groups is 2. The number of aryl methyl sites for hydroxylation is 2. The molecule has 1 aromatic rings. The van der Waals surface area contributed by atoms with Gasteiger partial charge in [0.2, 0.25) is 10.0 Å². The van der Waals surface area contributed by atoms with Crippen LogP contribution < -0.4 is 61.4 Å². The molecule has 0 atom stereocenters. The zero-order valence-corrected chi connectivity index (χ0v) is 23.2. The molecule has 2 N–H and O–H groups in total.